The van der Waals surface area contributed by atoms with E-state index in [-0.39, 0.29) is 6.04 Å². The van der Waals surface area contributed by atoms with Gasteiger partial charge in [0, 0.05) is 6.04 Å². The largest absolute Gasteiger partial charge is 0.454 e. The molecule has 0 bridgehead atoms. The average molecular weight is 196 g/mol. The minimum absolute atomic E-state index is 0.0899. The Hall–Kier alpha value is -1.22. The van der Waals surface area contributed by atoms with Crippen LogP contribution in [-0.2, 0) is 6.42 Å². The van der Waals surface area contributed by atoms with E-state index in [0.29, 0.717) is 17.9 Å². The summed E-state index contributed by atoms with van der Waals surface area (Å²) in [5.74, 6) is 0.845. The van der Waals surface area contributed by atoms with Crippen molar-refractivity contribution < 1.29 is 13.6 Å². The summed E-state index contributed by atoms with van der Waals surface area (Å²) in [6.07, 6.45) is 0.708. The van der Waals surface area contributed by atoms with Crippen molar-refractivity contribution in [1.29, 1.82) is 0 Å². The molecule has 0 aromatic heterocycles. The second-order valence-corrected chi connectivity index (χ2v) is 3.38. The van der Waals surface area contributed by atoms with Gasteiger partial charge in [0.1, 0.15) is 4.15 Å². The molecule has 3 heteroatoms. The molecule has 0 fully saturated rings. The number of hydrogen-bond donors (Lipinski definition) is 1. The number of nitrogens with one attached hydrogen (secondary N) is 1. The van der Waals surface area contributed by atoms with Crippen molar-refractivity contribution in [1.82, 2.24) is 5.31 Å². The van der Waals surface area contributed by atoms with Gasteiger partial charge in [-0.2, -0.15) is 0 Å². The average Bonchev–Trinajstić information content (AvgIpc) is 2.50. The van der Waals surface area contributed by atoms with Crippen LogP contribution in [0, 0.1) is 0 Å². The van der Waals surface area contributed by atoms with E-state index >= 15 is 0 Å². The Morgan fingerprint density at radius 2 is 2.36 bits per heavy atom. The van der Waals surface area contributed by atoms with Crippen molar-refractivity contribution >= 4 is 0 Å². The van der Waals surface area contributed by atoms with Gasteiger partial charge < -0.3 is 14.8 Å². The lowest BCUT2D eigenvalue weighted by molar-refractivity contribution is 0.174. The van der Waals surface area contributed by atoms with Gasteiger partial charge in [0.25, 0.3) is 0 Å². The van der Waals surface area contributed by atoms with Crippen LogP contribution in [0.1, 0.15) is 15.2 Å². The molecule has 2 rings (SSSR count). The molecule has 1 atom stereocenters. The molecule has 1 unspecified atom stereocenters. The van der Waals surface area contributed by atoms with Crippen LogP contribution in [-0.4, -0.2) is 19.8 Å². The summed E-state index contributed by atoms with van der Waals surface area (Å²) in [5.41, 5.74) is 0.997. The van der Waals surface area contributed by atoms with Crippen LogP contribution < -0.4 is 14.8 Å². The number of benzene rings is 1. The van der Waals surface area contributed by atoms with Crippen molar-refractivity contribution in [3.05, 3.63) is 23.8 Å². The van der Waals surface area contributed by atoms with Gasteiger partial charge in [-0.1, -0.05) is 6.07 Å². The molecular formula is C11H15NO2. The first-order valence-electron chi connectivity index (χ1n) is 6.05. The van der Waals surface area contributed by atoms with E-state index in [0.717, 1.165) is 5.56 Å². The summed E-state index contributed by atoms with van der Waals surface area (Å²) in [4.78, 5) is 0. The van der Waals surface area contributed by atoms with Gasteiger partial charge in [-0.15, -0.1) is 0 Å². The molecule has 1 aromatic rings. The highest BCUT2D eigenvalue weighted by atomic mass is 16.7. The zero-order valence-electron chi connectivity index (χ0n) is 11.3. The maximum Gasteiger partial charge on any atom is 0.231 e. The Morgan fingerprint density at radius 3 is 3.14 bits per heavy atom. The lowest BCUT2D eigenvalue weighted by Crippen LogP contribution is -2.23. The van der Waals surface area contributed by atoms with Gasteiger partial charge in [-0.3, -0.25) is 0 Å². The minimum Gasteiger partial charge on any atom is -0.454 e. The molecule has 0 saturated heterocycles. The van der Waals surface area contributed by atoms with E-state index in [9.17, 15) is 0 Å². The Labute approximate surface area is 88.3 Å². The predicted octanol–water partition coefficient (Wildman–Crippen LogP) is 1.57. The lowest BCUT2D eigenvalue weighted by Gasteiger charge is -2.09. The Balaban J connectivity index is 2.14. The van der Waals surface area contributed by atoms with Gasteiger partial charge in [-0.05, 0) is 38.1 Å². The van der Waals surface area contributed by atoms with Crippen LogP contribution in [0.2, 0.25) is 1.41 Å². The number of ether oxygens (including phenoxy) is 2. The van der Waals surface area contributed by atoms with Crippen molar-refractivity contribution in [2.24, 2.45) is 0 Å². The smallest absolute Gasteiger partial charge is 0.231 e. The molecule has 0 amide bonds. The maximum absolute atomic E-state index is 7.47. The molecule has 76 valence electrons. The van der Waals surface area contributed by atoms with Gasteiger partial charge in [0.15, 0.2) is 11.5 Å². The van der Waals surface area contributed by atoms with Crippen LogP contribution >= 0.6 is 0 Å². The van der Waals surface area contributed by atoms with E-state index in [1.807, 2.05) is 13.0 Å². The van der Waals surface area contributed by atoms with Gasteiger partial charge >= 0.3 is 0 Å². The Kier molecular flexibility index (Phi) is 1.75. The summed E-state index contributed by atoms with van der Waals surface area (Å²) in [6, 6.07) is 5.42. The fraction of sp³-hybridized carbons (Fsp3) is 0.455. The first kappa shape index (κ1) is 6.30. The van der Waals surface area contributed by atoms with E-state index in [1.54, 1.807) is 19.2 Å². The molecule has 14 heavy (non-hydrogen) atoms. The van der Waals surface area contributed by atoms with E-state index in [1.165, 1.54) is 5.31 Å². The number of hydrogen-bond acceptors (Lipinski definition) is 3. The summed E-state index contributed by atoms with van der Waals surface area (Å²) in [7, 11) is 1.70. The summed E-state index contributed by atoms with van der Waals surface area (Å²) >= 11 is 0. The first-order chi connectivity index (χ1) is 7.87. The predicted molar refractivity (Wildman–Crippen MR) is 54.8 cm³/mol. The third-order valence-electron chi connectivity index (χ3n) is 2.28. The molecular weight excluding hydrogens is 178 g/mol. The molecule has 1 N–H and O–H groups in total. The Bertz CT molecular complexity index is 423. The molecule has 1 aromatic carbocycles. The highest BCUT2D eigenvalue weighted by Crippen LogP contribution is 2.32. The van der Waals surface area contributed by atoms with Crippen molar-refractivity contribution in [3.63, 3.8) is 0 Å². The number of rotatable bonds is 3. The van der Waals surface area contributed by atoms with Crippen LogP contribution in [0.15, 0.2) is 18.2 Å². The molecule has 0 aliphatic carbocycles. The van der Waals surface area contributed by atoms with Crippen LogP contribution in [0.4, 0.5) is 0 Å². The third-order valence-corrected chi connectivity index (χ3v) is 2.28. The molecule has 0 saturated carbocycles. The first-order valence-corrected chi connectivity index (χ1v) is 4.60. The van der Waals surface area contributed by atoms with Crippen LogP contribution in [0.5, 0.6) is 11.5 Å². The monoisotopic (exact) mass is 196 g/mol. The van der Waals surface area contributed by atoms with Crippen molar-refractivity contribution in [2.75, 3.05) is 13.8 Å². The summed E-state index contributed by atoms with van der Waals surface area (Å²) < 4.78 is 32.1. The topological polar surface area (TPSA) is 30.5 Å². The fourth-order valence-electron chi connectivity index (χ4n) is 1.39. The molecule has 3 nitrogen and oxygen atoms in total. The molecule has 0 spiro atoms. The second kappa shape index (κ2) is 3.88. The zero-order chi connectivity index (χ0) is 12.6. The molecule has 1 aliphatic heterocycles. The van der Waals surface area contributed by atoms with Crippen molar-refractivity contribution in [3.8, 4) is 11.5 Å². The molecule has 1 aliphatic rings. The van der Waals surface area contributed by atoms with Gasteiger partial charge in [-0.25, -0.2) is 0 Å². The highest BCUT2D eigenvalue weighted by molar-refractivity contribution is 5.44. The van der Waals surface area contributed by atoms with Crippen LogP contribution in [0.3, 0.4) is 0 Å². The second-order valence-electron chi connectivity index (χ2n) is 3.38. The quantitative estimate of drug-likeness (QED) is 0.796. The van der Waals surface area contributed by atoms with Crippen molar-refractivity contribution in [2.45, 2.75) is 19.4 Å². The lowest BCUT2D eigenvalue weighted by atomic mass is 10.1. The maximum atomic E-state index is 7.47. The Morgan fingerprint density at radius 1 is 1.57 bits per heavy atom. The number of likely N-dealkylation sites (N-methyl/N-ethyl adjacent to an activating group) is 1. The summed E-state index contributed by atoms with van der Waals surface area (Å²) in [6.45, 7) is -0.115. The number of fused-ring (bicyclic) bond motifs is 1. The highest BCUT2D eigenvalue weighted by Gasteiger charge is 2.13. The molecule has 1 heterocycles. The molecule has 0 radical (unpaired) electrons. The normalized spacial score (nSPS) is 22.6. The van der Waals surface area contributed by atoms with E-state index in [2.05, 4.69) is 0 Å². The summed E-state index contributed by atoms with van der Waals surface area (Å²) in [5, 5.41) is 1.39. The van der Waals surface area contributed by atoms with Gasteiger partial charge in [0.2, 0.25) is 6.75 Å². The standard InChI is InChI=1S/C11H15NO2/c1-8(12-2)5-9-3-4-10-11(6-9)14-7-13-10/h3-4,6,8,12H,5,7H2,1-2H3/i7D2/hD. The SMILES string of the molecule is [2H]N(C)C(C)Cc1ccc2c(c1)OC([2H])([2H])O2. The van der Waals surface area contributed by atoms with E-state index in [4.69, 9.17) is 13.6 Å². The minimum atomic E-state index is -2.07. The third kappa shape index (κ3) is 1.82. The van der Waals surface area contributed by atoms with E-state index < -0.39 is 6.75 Å². The van der Waals surface area contributed by atoms with Gasteiger partial charge in [0.05, 0.1) is 0 Å². The fourth-order valence-corrected chi connectivity index (χ4v) is 1.39. The van der Waals surface area contributed by atoms with Crippen LogP contribution in [0.25, 0.3) is 0 Å². The zero-order valence-corrected chi connectivity index (χ0v) is 8.28.